The molecule has 1 atom stereocenters. The maximum atomic E-state index is 13.2. The Morgan fingerprint density at radius 2 is 2.08 bits per heavy atom. The molecule has 0 spiro atoms. The third kappa shape index (κ3) is 2.71. The van der Waals surface area contributed by atoms with E-state index >= 15 is 0 Å². The van der Waals surface area contributed by atoms with Crippen LogP contribution in [0.1, 0.15) is 11.6 Å². The maximum Gasteiger partial charge on any atom is 0.283 e. The summed E-state index contributed by atoms with van der Waals surface area (Å²) in [6, 6.07) is 7.49. The van der Waals surface area contributed by atoms with E-state index in [0.717, 1.165) is 12.0 Å². The number of hydrogen-bond acceptors (Lipinski definition) is 4. The molecule has 0 radical (unpaired) electrons. The minimum Gasteiger partial charge on any atom is -0.332 e. The summed E-state index contributed by atoms with van der Waals surface area (Å²) in [4.78, 5) is 8.07. The number of para-hydroxylation sites is 1. The number of nitrogens with zero attached hydrogens (tertiary/aromatic N) is 5. The molecule has 0 aliphatic carbocycles. The molecule has 25 heavy (non-hydrogen) atoms. The third-order valence-electron chi connectivity index (χ3n) is 4.39. The smallest absolute Gasteiger partial charge is 0.283 e. The molecule has 0 bridgehead atoms. The molecule has 2 aromatic heterocycles. The Morgan fingerprint density at radius 1 is 1.28 bits per heavy atom. The Bertz CT molecular complexity index is 994. The lowest BCUT2D eigenvalue weighted by Gasteiger charge is -2.35. The highest BCUT2D eigenvalue weighted by Gasteiger charge is 2.35. The molecule has 1 aliphatic heterocycles. The average Bonchev–Trinajstić information content (AvgIpc) is 3.25. The molecule has 130 valence electrons. The second kappa shape index (κ2) is 5.89. The highest BCUT2D eigenvalue weighted by Crippen LogP contribution is 2.35. The lowest BCUT2D eigenvalue weighted by atomic mass is 10.00. The molecule has 0 amide bonds. The van der Waals surface area contributed by atoms with E-state index in [1.54, 1.807) is 19.6 Å². The Balaban J connectivity index is 1.81. The molecule has 3 heterocycles. The first-order valence-electron chi connectivity index (χ1n) is 7.74. The molecular weight excluding hydrogens is 362 g/mol. The van der Waals surface area contributed by atoms with Crippen LogP contribution in [0.4, 0.5) is 5.69 Å². The van der Waals surface area contributed by atoms with Crippen LogP contribution < -0.4 is 4.31 Å². The highest BCUT2D eigenvalue weighted by atomic mass is 35.5. The quantitative estimate of drug-likeness (QED) is 0.701. The summed E-state index contributed by atoms with van der Waals surface area (Å²) in [5, 5.41) is 0.0797. The van der Waals surface area contributed by atoms with Crippen molar-refractivity contribution in [3.63, 3.8) is 0 Å². The Kier molecular flexibility index (Phi) is 3.81. The number of hydrogen-bond donors (Lipinski definition) is 0. The molecule has 7 nitrogen and oxygen atoms in total. The fourth-order valence-electron chi connectivity index (χ4n) is 3.10. The van der Waals surface area contributed by atoms with Gasteiger partial charge in [-0.05, 0) is 29.7 Å². The SMILES string of the molecule is Cn1cc(S(=O)(=O)N2CC(n3ccnc3)Cc3ccccc32)nc1Cl. The number of imidazole rings is 2. The van der Waals surface area contributed by atoms with E-state index in [1.807, 2.05) is 35.0 Å². The number of anilines is 1. The summed E-state index contributed by atoms with van der Waals surface area (Å²) in [7, 11) is -2.16. The zero-order valence-corrected chi connectivity index (χ0v) is 15.0. The van der Waals surface area contributed by atoms with Crippen LogP contribution in [-0.2, 0) is 23.5 Å². The van der Waals surface area contributed by atoms with Gasteiger partial charge in [0.15, 0.2) is 5.03 Å². The van der Waals surface area contributed by atoms with E-state index in [4.69, 9.17) is 11.6 Å². The summed E-state index contributed by atoms with van der Waals surface area (Å²) < 4.78 is 31.2. The topological polar surface area (TPSA) is 73.0 Å². The van der Waals surface area contributed by atoms with Gasteiger partial charge in [0.05, 0.1) is 24.6 Å². The van der Waals surface area contributed by atoms with Gasteiger partial charge in [-0.15, -0.1) is 0 Å². The van der Waals surface area contributed by atoms with Crippen molar-refractivity contribution < 1.29 is 8.42 Å². The first-order valence-corrected chi connectivity index (χ1v) is 9.55. The number of sulfonamides is 1. The minimum absolute atomic E-state index is 0.0358. The van der Waals surface area contributed by atoms with Crippen molar-refractivity contribution >= 4 is 27.3 Å². The second-order valence-corrected chi connectivity index (χ2v) is 8.14. The van der Waals surface area contributed by atoms with Crippen molar-refractivity contribution in [2.45, 2.75) is 17.5 Å². The van der Waals surface area contributed by atoms with Crippen LogP contribution >= 0.6 is 11.6 Å². The lowest BCUT2D eigenvalue weighted by Crippen LogP contribution is -2.40. The van der Waals surface area contributed by atoms with Crippen LogP contribution in [0.2, 0.25) is 5.28 Å². The van der Waals surface area contributed by atoms with Crippen molar-refractivity contribution in [1.82, 2.24) is 19.1 Å². The van der Waals surface area contributed by atoms with Gasteiger partial charge in [-0.3, -0.25) is 4.31 Å². The predicted molar refractivity (Wildman–Crippen MR) is 94.2 cm³/mol. The molecule has 3 aromatic rings. The van der Waals surface area contributed by atoms with Crippen molar-refractivity contribution in [2.24, 2.45) is 7.05 Å². The van der Waals surface area contributed by atoms with Crippen molar-refractivity contribution in [3.05, 3.63) is 60.0 Å². The monoisotopic (exact) mass is 377 g/mol. The van der Waals surface area contributed by atoms with Gasteiger partial charge in [-0.2, -0.15) is 8.42 Å². The third-order valence-corrected chi connectivity index (χ3v) is 6.39. The molecule has 0 saturated carbocycles. The first-order chi connectivity index (χ1) is 12.0. The lowest BCUT2D eigenvalue weighted by molar-refractivity contribution is 0.487. The predicted octanol–water partition coefficient (Wildman–Crippen LogP) is 2.26. The van der Waals surface area contributed by atoms with Gasteiger partial charge in [0.25, 0.3) is 10.0 Å². The van der Waals surface area contributed by atoms with E-state index in [0.29, 0.717) is 12.2 Å². The van der Waals surface area contributed by atoms with Crippen LogP contribution in [0.3, 0.4) is 0 Å². The normalized spacial score (nSPS) is 17.5. The fraction of sp³-hybridized carbons (Fsp3) is 0.250. The number of aryl methyl sites for hydroxylation is 1. The van der Waals surface area contributed by atoms with Gasteiger partial charge < -0.3 is 9.13 Å². The number of fused-ring (bicyclic) bond motifs is 1. The van der Waals surface area contributed by atoms with Crippen LogP contribution in [0, 0.1) is 0 Å². The molecule has 4 rings (SSSR count). The Morgan fingerprint density at radius 3 is 2.76 bits per heavy atom. The molecule has 0 N–H and O–H groups in total. The van der Waals surface area contributed by atoms with E-state index in [2.05, 4.69) is 9.97 Å². The highest BCUT2D eigenvalue weighted by molar-refractivity contribution is 7.92. The number of rotatable bonds is 3. The molecule has 1 unspecified atom stereocenters. The van der Waals surface area contributed by atoms with Crippen LogP contribution in [-0.4, -0.2) is 34.1 Å². The van der Waals surface area contributed by atoms with Gasteiger partial charge in [0.2, 0.25) is 5.28 Å². The zero-order valence-electron chi connectivity index (χ0n) is 13.4. The fourth-order valence-corrected chi connectivity index (χ4v) is 4.82. The van der Waals surface area contributed by atoms with Crippen LogP contribution in [0.25, 0.3) is 0 Å². The zero-order chi connectivity index (χ0) is 17.6. The van der Waals surface area contributed by atoms with E-state index in [-0.39, 0.29) is 16.4 Å². The van der Waals surface area contributed by atoms with Crippen molar-refractivity contribution in [3.8, 4) is 0 Å². The molecule has 0 fully saturated rings. The summed E-state index contributed by atoms with van der Waals surface area (Å²) in [6.07, 6.45) is 7.42. The van der Waals surface area contributed by atoms with Crippen LogP contribution in [0.5, 0.6) is 0 Å². The van der Waals surface area contributed by atoms with E-state index < -0.39 is 10.0 Å². The van der Waals surface area contributed by atoms with Crippen molar-refractivity contribution in [2.75, 3.05) is 10.8 Å². The summed E-state index contributed by atoms with van der Waals surface area (Å²) in [6.45, 7) is 0.309. The Hall–Kier alpha value is -2.32. The summed E-state index contributed by atoms with van der Waals surface area (Å²) in [5.41, 5.74) is 1.65. The van der Waals surface area contributed by atoms with Crippen LogP contribution in [0.15, 0.2) is 54.2 Å². The second-order valence-electron chi connectivity index (χ2n) is 5.99. The molecule has 1 aromatic carbocycles. The molecule has 1 aliphatic rings. The van der Waals surface area contributed by atoms with Gasteiger partial charge in [-0.1, -0.05) is 18.2 Å². The van der Waals surface area contributed by atoms with Gasteiger partial charge in [-0.25, -0.2) is 9.97 Å². The van der Waals surface area contributed by atoms with E-state index in [9.17, 15) is 8.42 Å². The minimum atomic E-state index is -3.82. The number of aromatic nitrogens is 4. The molecular formula is C16H16ClN5O2S. The standard InChI is InChI=1S/C16H16ClN5O2S/c1-20-10-15(19-16(20)17)25(23,24)22-9-13(21-7-6-18-11-21)8-12-4-2-3-5-14(12)22/h2-7,10-11,13H,8-9H2,1H3. The maximum absolute atomic E-state index is 13.2. The number of benzene rings is 1. The Labute approximate surface area is 150 Å². The number of halogens is 1. The van der Waals surface area contributed by atoms with Gasteiger partial charge >= 0.3 is 0 Å². The largest absolute Gasteiger partial charge is 0.332 e. The summed E-state index contributed by atoms with van der Waals surface area (Å²) in [5.74, 6) is 0. The van der Waals surface area contributed by atoms with Gasteiger partial charge in [0, 0.05) is 25.6 Å². The molecule has 9 heteroatoms. The average molecular weight is 378 g/mol. The summed E-state index contributed by atoms with van der Waals surface area (Å²) >= 11 is 5.94. The van der Waals surface area contributed by atoms with Gasteiger partial charge in [0.1, 0.15) is 0 Å². The van der Waals surface area contributed by atoms with Crippen molar-refractivity contribution in [1.29, 1.82) is 0 Å². The van der Waals surface area contributed by atoms with E-state index in [1.165, 1.54) is 15.1 Å². The first kappa shape index (κ1) is 16.2. The molecule has 0 saturated heterocycles.